The second-order valence-electron chi connectivity index (χ2n) is 4.78. The Labute approximate surface area is 136 Å². The lowest BCUT2D eigenvalue weighted by atomic mass is 9.95. The molecule has 130 valence electrons. The lowest BCUT2D eigenvalue weighted by molar-refractivity contribution is -0.394. The van der Waals surface area contributed by atoms with Crippen molar-refractivity contribution in [3.63, 3.8) is 0 Å². The molecule has 0 bridgehead atoms. The molecule has 0 heterocycles. The smallest absolute Gasteiger partial charge is 0.417 e. The SMILES string of the molecule is O=C(O)c1ccc(-c2c([N+](=O)[O-])cc([N+](=O)[O-])cc2C(F)(F)F)cc1. The summed E-state index contributed by atoms with van der Waals surface area (Å²) >= 11 is 0. The molecule has 0 radical (unpaired) electrons. The van der Waals surface area contributed by atoms with E-state index < -0.39 is 44.5 Å². The van der Waals surface area contributed by atoms with Gasteiger partial charge in [-0.05, 0) is 17.7 Å². The number of hydrogen-bond donors (Lipinski definition) is 1. The van der Waals surface area contributed by atoms with Crippen LogP contribution in [0.2, 0.25) is 0 Å². The predicted octanol–water partition coefficient (Wildman–Crippen LogP) is 3.89. The van der Waals surface area contributed by atoms with Crippen molar-refractivity contribution in [1.29, 1.82) is 0 Å². The first-order valence-electron chi connectivity index (χ1n) is 6.40. The van der Waals surface area contributed by atoms with Crippen molar-refractivity contribution in [1.82, 2.24) is 0 Å². The van der Waals surface area contributed by atoms with Crippen molar-refractivity contribution in [2.24, 2.45) is 0 Å². The molecule has 0 aliphatic carbocycles. The van der Waals surface area contributed by atoms with Crippen LogP contribution in [0.5, 0.6) is 0 Å². The van der Waals surface area contributed by atoms with Crippen LogP contribution in [0.25, 0.3) is 11.1 Å². The average molecular weight is 356 g/mol. The molecule has 0 aliphatic rings. The van der Waals surface area contributed by atoms with Gasteiger partial charge in [-0.2, -0.15) is 13.2 Å². The zero-order valence-electron chi connectivity index (χ0n) is 12.0. The van der Waals surface area contributed by atoms with E-state index in [0.29, 0.717) is 6.07 Å². The van der Waals surface area contributed by atoms with E-state index in [1.807, 2.05) is 0 Å². The summed E-state index contributed by atoms with van der Waals surface area (Å²) in [5.74, 6) is -1.33. The minimum atomic E-state index is -5.10. The minimum absolute atomic E-state index is 0.202. The fourth-order valence-corrected chi connectivity index (χ4v) is 2.17. The maximum absolute atomic E-state index is 13.3. The van der Waals surface area contributed by atoms with E-state index in [2.05, 4.69) is 0 Å². The first kappa shape index (κ1) is 17.8. The lowest BCUT2D eigenvalue weighted by Crippen LogP contribution is -2.10. The summed E-state index contributed by atoms with van der Waals surface area (Å²) in [7, 11) is 0. The number of non-ortho nitro benzene ring substituents is 1. The van der Waals surface area contributed by atoms with Crippen molar-refractivity contribution in [3.05, 3.63) is 67.8 Å². The third-order valence-corrected chi connectivity index (χ3v) is 3.24. The van der Waals surface area contributed by atoms with E-state index in [9.17, 15) is 38.2 Å². The largest absolute Gasteiger partial charge is 0.478 e. The summed E-state index contributed by atoms with van der Waals surface area (Å²) in [4.78, 5) is 30.4. The average Bonchev–Trinajstić information content (AvgIpc) is 2.52. The topological polar surface area (TPSA) is 124 Å². The van der Waals surface area contributed by atoms with Gasteiger partial charge in [0.05, 0.1) is 32.6 Å². The van der Waals surface area contributed by atoms with Crippen molar-refractivity contribution < 1.29 is 32.9 Å². The van der Waals surface area contributed by atoms with E-state index in [1.165, 1.54) is 0 Å². The number of alkyl halides is 3. The molecular formula is C14H7F3N2O6. The van der Waals surface area contributed by atoms with Gasteiger partial charge in [0.15, 0.2) is 0 Å². The second kappa shape index (κ2) is 6.19. The van der Waals surface area contributed by atoms with Crippen LogP contribution >= 0.6 is 0 Å². The fourth-order valence-electron chi connectivity index (χ4n) is 2.17. The van der Waals surface area contributed by atoms with Crippen LogP contribution in [0.15, 0.2) is 36.4 Å². The molecular weight excluding hydrogens is 349 g/mol. The zero-order chi connectivity index (χ0) is 18.9. The summed E-state index contributed by atoms with van der Waals surface area (Å²) in [6, 6.07) is 4.51. The molecule has 8 nitrogen and oxygen atoms in total. The van der Waals surface area contributed by atoms with E-state index in [1.54, 1.807) is 0 Å². The van der Waals surface area contributed by atoms with Crippen LogP contribution < -0.4 is 0 Å². The molecule has 0 saturated carbocycles. The number of nitrogens with zero attached hydrogens (tertiary/aromatic N) is 2. The number of hydrogen-bond acceptors (Lipinski definition) is 5. The Morgan fingerprint density at radius 1 is 1.00 bits per heavy atom. The third-order valence-electron chi connectivity index (χ3n) is 3.24. The van der Waals surface area contributed by atoms with E-state index in [0.717, 1.165) is 24.3 Å². The monoisotopic (exact) mass is 356 g/mol. The Kier molecular flexibility index (Phi) is 4.42. The molecule has 1 N–H and O–H groups in total. The Hall–Kier alpha value is -3.50. The van der Waals surface area contributed by atoms with E-state index >= 15 is 0 Å². The zero-order valence-corrected chi connectivity index (χ0v) is 12.0. The number of rotatable bonds is 4. The van der Waals surface area contributed by atoms with Gasteiger partial charge in [0.1, 0.15) is 0 Å². The van der Waals surface area contributed by atoms with Gasteiger partial charge in [0, 0.05) is 6.07 Å². The van der Waals surface area contributed by atoms with Crippen molar-refractivity contribution in [3.8, 4) is 11.1 Å². The maximum Gasteiger partial charge on any atom is 0.417 e. The van der Waals surface area contributed by atoms with Crippen LogP contribution in [-0.2, 0) is 6.18 Å². The van der Waals surface area contributed by atoms with Crippen LogP contribution in [0, 0.1) is 20.2 Å². The van der Waals surface area contributed by atoms with Gasteiger partial charge < -0.3 is 5.11 Å². The molecule has 0 spiro atoms. The molecule has 0 atom stereocenters. The van der Waals surface area contributed by atoms with Gasteiger partial charge in [-0.25, -0.2) is 4.79 Å². The summed E-state index contributed by atoms with van der Waals surface area (Å²) in [5.41, 5.74) is -5.15. The van der Waals surface area contributed by atoms with Gasteiger partial charge in [0.25, 0.3) is 11.4 Å². The molecule has 0 aromatic heterocycles. The van der Waals surface area contributed by atoms with Crippen molar-refractivity contribution >= 4 is 17.3 Å². The number of nitro groups is 2. The van der Waals surface area contributed by atoms with Crippen molar-refractivity contribution in [2.75, 3.05) is 0 Å². The number of nitro benzene ring substituents is 2. The summed E-state index contributed by atoms with van der Waals surface area (Å²) in [6.45, 7) is 0. The molecule has 0 unspecified atom stereocenters. The minimum Gasteiger partial charge on any atom is -0.478 e. The van der Waals surface area contributed by atoms with Crippen molar-refractivity contribution in [2.45, 2.75) is 6.18 Å². The van der Waals surface area contributed by atoms with E-state index in [4.69, 9.17) is 5.11 Å². The number of halogens is 3. The number of carbonyl (C=O) groups is 1. The predicted molar refractivity (Wildman–Crippen MR) is 77.1 cm³/mol. The molecule has 0 saturated heterocycles. The lowest BCUT2D eigenvalue weighted by Gasteiger charge is -2.13. The van der Waals surface area contributed by atoms with Crippen LogP contribution in [0.1, 0.15) is 15.9 Å². The van der Waals surface area contributed by atoms with Gasteiger partial charge in [-0.1, -0.05) is 12.1 Å². The summed E-state index contributed by atoms with van der Waals surface area (Å²) in [5, 5.41) is 30.7. The highest BCUT2D eigenvalue weighted by atomic mass is 19.4. The molecule has 2 rings (SSSR count). The normalized spacial score (nSPS) is 11.2. The molecule has 11 heteroatoms. The third kappa shape index (κ3) is 3.54. The Morgan fingerprint density at radius 2 is 1.56 bits per heavy atom. The van der Waals surface area contributed by atoms with E-state index in [-0.39, 0.29) is 17.2 Å². The molecule has 25 heavy (non-hydrogen) atoms. The van der Waals surface area contributed by atoms with Gasteiger partial charge in [0.2, 0.25) is 0 Å². The van der Waals surface area contributed by atoms with Gasteiger partial charge >= 0.3 is 12.1 Å². The summed E-state index contributed by atoms with van der Waals surface area (Å²) in [6.07, 6.45) is -5.10. The number of aromatic carboxylic acids is 1. The highest BCUT2D eigenvalue weighted by molar-refractivity contribution is 5.89. The highest BCUT2D eigenvalue weighted by Gasteiger charge is 2.39. The Balaban J connectivity index is 2.84. The van der Waals surface area contributed by atoms with Crippen LogP contribution in [-0.4, -0.2) is 20.9 Å². The first-order valence-corrected chi connectivity index (χ1v) is 6.40. The number of carboxylic acid groups (broad SMARTS) is 1. The first-order chi connectivity index (χ1) is 11.5. The molecule has 2 aromatic rings. The fraction of sp³-hybridized carbons (Fsp3) is 0.0714. The quantitative estimate of drug-likeness (QED) is 0.655. The second-order valence-corrected chi connectivity index (χ2v) is 4.78. The maximum atomic E-state index is 13.3. The number of carboxylic acids is 1. The molecule has 0 fully saturated rings. The number of benzene rings is 2. The molecule has 0 amide bonds. The Bertz CT molecular complexity index is 877. The van der Waals surface area contributed by atoms with Crippen LogP contribution in [0.4, 0.5) is 24.5 Å². The molecule has 2 aromatic carbocycles. The Morgan fingerprint density at radius 3 is 1.96 bits per heavy atom. The highest BCUT2D eigenvalue weighted by Crippen LogP contribution is 2.44. The van der Waals surface area contributed by atoms with Gasteiger partial charge in [-0.3, -0.25) is 20.2 Å². The molecule has 0 aliphatic heterocycles. The van der Waals surface area contributed by atoms with Crippen LogP contribution in [0.3, 0.4) is 0 Å². The summed E-state index contributed by atoms with van der Waals surface area (Å²) < 4.78 is 39.9. The standard InChI is InChI=1S/C14H7F3N2O6/c15-14(16,17)10-5-9(18(22)23)6-11(19(24)25)12(10)7-1-3-8(4-2-7)13(20)21/h1-6H,(H,20,21). The van der Waals surface area contributed by atoms with Gasteiger partial charge in [-0.15, -0.1) is 0 Å².